The predicted octanol–water partition coefficient (Wildman–Crippen LogP) is 2.61. The van der Waals surface area contributed by atoms with Gasteiger partial charge in [0.1, 0.15) is 12.6 Å². The molecule has 2 heterocycles. The fourth-order valence-corrected chi connectivity index (χ4v) is 3.73. The van der Waals surface area contributed by atoms with Crippen LogP contribution in [0.1, 0.15) is 23.8 Å². The number of aryl methyl sites for hydroxylation is 1. The lowest BCUT2D eigenvalue weighted by Crippen LogP contribution is -2.57. The Morgan fingerprint density at radius 1 is 1.31 bits per heavy atom. The van der Waals surface area contributed by atoms with Crippen molar-refractivity contribution < 1.29 is 14.3 Å². The van der Waals surface area contributed by atoms with Crippen molar-refractivity contribution in [3.05, 3.63) is 58.3 Å². The van der Waals surface area contributed by atoms with Gasteiger partial charge < -0.3 is 15.0 Å². The molecule has 1 aliphatic heterocycles. The molecule has 1 saturated heterocycles. The van der Waals surface area contributed by atoms with E-state index in [1.54, 1.807) is 16.2 Å². The van der Waals surface area contributed by atoms with Gasteiger partial charge in [0.05, 0.1) is 13.2 Å². The van der Waals surface area contributed by atoms with Crippen LogP contribution in [0, 0.1) is 0 Å². The molecule has 1 N–H and O–H groups in total. The molecule has 1 aliphatic rings. The first-order valence-electron chi connectivity index (χ1n) is 8.87. The van der Waals surface area contributed by atoms with Crippen LogP contribution in [0.25, 0.3) is 0 Å². The van der Waals surface area contributed by atoms with E-state index in [9.17, 15) is 9.59 Å². The zero-order valence-electron chi connectivity index (χ0n) is 14.9. The number of hydrogen-bond donors (Lipinski definition) is 1. The molecule has 2 aromatic rings. The number of nitrogens with zero attached hydrogens (tertiary/aromatic N) is 1. The van der Waals surface area contributed by atoms with Crippen LogP contribution in [-0.4, -0.2) is 42.0 Å². The molecule has 2 atom stereocenters. The van der Waals surface area contributed by atoms with Crippen molar-refractivity contribution in [1.29, 1.82) is 0 Å². The molecule has 138 valence electrons. The number of thiophene rings is 1. The van der Waals surface area contributed by atoms with E-state index in [0.717, 1.165) is 17.7 Å². The molecule has 0 aliphatic carbocycles. The molecule has 0 spiro atoms. The number of morpholine rings is 1. The van der Waals surface area contributed by atoms with E-state index in [4.69, 9.17) is 4.74 Å². The van der Waals surface area contributed by atoms with Crippen molar-refractivity contribution in [3.63, 3.8) is 0 Å². The minimum absolute atomic E-state index is 0.0309. The van der Waals surface area contributed by atoms with E-state index in [0.29, 0.717) is 6.54 Å². The van der Waals surface area contributed by atoms with Crippen LogP contribution >= 0.6 is 11.3 Å². The van der Waals surface area contributed by atoms with Gasteiger partial charge in [-0.25, -0.2) is 0 Å². The summed E-state index contributed by atoms with van der Waals surface area (Å²) in [6.07, 6.45) is 1.75. The fraction of sp³-hybridized carbons (Fsp3) is 0.400. The molecule has 5 nitrogen and oxygen atoms in total. The second kappa shape index (κ2) is 8.96. The minimum Gasteiger partial charge on any atom is -0.369 e. The predicted molar refractivity (Wildman–Crippen MR) is 102 cm³/mol. The lowest BCUT2D eigenvalue weighted by atomic mass is 10.1. The lowest BCUT2D eigenvalue weighted by Gasteiger charge is -2.34. The van der Waals surface area contributed by atoms with Gasteiger partial charge in [0.15, 0.2) is 0 Å². The molecule has 0 radical (unpaired) electrons. The summed E-state index contributed by atoms with van der Waals surface area (Å²) >= 11 is 1.59. The van der Waals surface area contributed by atoms with E-state index in [1.807, 2.05) is 42.6 Å². The Labute approximate surface area is 158 Å². The van der Waals surface area contributed by atoms with Gasteiger partial charge in [-0.3, -0.25) is 9.59 Å². The molecule has 1 aromatic carbocycles. The molecule has 2 unspecified atom stereocenters. The van der Waals surface area contributed by atoms with E-state index >= 15 is 0 Å². The van der Waals surface area contributed by atoms with Crippen LogP contribution in [0.4, 0.5) is 0 Å². The highest BCUT2D eigenvalue weighted by Crippen LogP contribution is 2.17. The van der Waals surface area contributed by atoms with Crippen LogP contribution in [-0.2, 0) is 27.3 Å². The average molecular weight is 372 g/mol. The van der Waals surface area contributed by atoms with Crippen molar-refractivity contribution in [2.24, 2.45) is 0 Å². The summed E-state index contributed by atoms with van der Waals surface area (Å²) in [5.74, 6) is -0.281. The Morgan fingerprint density at radius 3 is 2.85 bits per heavy atom. The topological polar surface area (TPSA) is 58.6 Å². The van der Waals surface area contributed by atoms with E-state index in [2.05, 4.69) is 17.4 Å². The normalized spacial score (nSPS) is 18.6. The molecule has 0 bridgehead atoms. The second-order valence-corrected chi connectivity index (χ2v) is 7.60. The van der Waals surface area contributed by atoms with Crippen LogP contribution in [0.3, 0.4) is 0 Å². The molecule has 6 heteroatoms. The van der Waals surface area contributed by atoms with Crippen molar-refractivity contribution in [1.82, 2.24) is 10.2 Å². The summed E-state index contributed by atoms with van der Waals surface area (Å²) < 4.78 is 5.33. The van der Waals surface area contributed by atoms with Crippen molar-refractivity contribution in [2.75, 3.05) is 13.2 Å². The fourth-order valence-electron chi connectivity index (χ4n) is 3.03. The van der Waals surface area contributed by atoms with Crippen molar-refractivity contribution >= 4 is 23.2 Å². The third kappa shape index (κ3) is 4.93. The summed E-state index contributed by atoms with van der Waals surface area (Å²) in [6.45, 7) is 2.74. The molecule has 26 heavy (non-hydrogen) atoms. The maximum Gasteiger partial charge on any atom is 0.249 e. The van der Waals surface area contributed by atoms with Crippen LogP contribution in [0.15, 0.2) is 47.8 Å². The highest BCUT2D eigenvalue weighted by Gasteiger charge is 2.34. The highest BCUT2D eigenvalue weighted by molar-refractivity contribution is 7.09. The molecular formula is C20H24N2O3S. The van der Waals surface area contributed by atoms with Crippen LogP contribution in [0.2, 0.25) is 0 Å². The summed E-state index contributed by atoms with van der Waals surface area (Å²) in [7, 11) is 0. The summed E-state index contributed by atoms with van der Waals surface area (Å²) in [4.78, 5) is 27.7. The van der Waals surface area contributed by atoms with Gasteiger partial charge in [0.25, 0.3) is 0 Å². The molecular weight excluding hydrogens is 348 g/mol. The second-order valence-electron chi connectivity index (χ2n) is 6.57. The Kier molecular flexibility index (Phi) is 6.41. The molecule has 1 fully saturated rings. The van der Waals surface area contributed by atoms with Gasteiger partial charge in [-0.1, -0.05) is 36.4 Å². The lowest BCUT2D eigenvalue weighted by molar-refractivity contribution is -0.155. The largest absolute Gasteiger partial charge is 0.369 e. The number of carbonyl (C=O) groups is 2. The quantitative estimate of drug-likeness (QED) is 0.813. The van der Waals surface area contributed by atoms with Gasteiger partial charge in [0.2, 0.25) is 11.8 Å². The zero-order chi connectivity index (χ0) is 18.4. The third-order valence-corrected chi connectivity index (χ3v) is 5.37. The number of carbonyl (C=O) groups excluding carboxylic acids is 2. The number of nitrogens with one attached hydrogen (secondary N) is 1. The molecule has 0 saturated carbocycles. The van der Waals surface area contributed by atoms with Crippen molar-refractivity contribution in [2.45, 2.75) is 38.4 Å². The minimum atomic E-state index is -0.572. The first kappa shape index (κ1) is 18.6. The Morgan fingerprint density at radius 2 is 2.12 bits per heavy atom. The standard InChI is InChI=1S/C20H24N2O3S/c1-15(9-10-16-6-3-2-4-7-16)21-20(24)18-13-25-14-19(23)22(18)12-17-8-5-11-26-17/h2-8,11,15,18H,9-10,12-14H2,1H3,(H,21,24). The Bertz CT molecular complexity index is 718. The number of rotatable bonds is 7. The van der Waals surface area contributed by atoms with Gasteiger partial charge in [0, 0.05) is 10.9 Å². The van der Waals surface area contributed by atoms with Gasteiger partial charge >= 0.3 is 0 Å². The summed E-state index contributed by atoms with van der Waals surface area (Å²) in [5, 5.41) is 5.01. The van der Waals surface area contributed by atoms with Crippen LogP contribution in [0.5, 0.6) is 0 Å². The first-order valence-corrected chi connectivity index (χ1v) is 9.75. The molecule has 2 amide bonds. The van der Waals surface area contributed by atoms with E-state index in [-0.39, 0.29) is 31.1 Å². The molecule has 1 aromatic heterocycles. The molecule has 3 rings (SSSR count). The smallest absolute Gasteiger partial charge is 0.249 e. The van der Waals surface area contributed by atoms with Crippen LogP contribution < -0.4 is 5.32 Å². The number of benzene rings is 1. The number of hydrogen-bond acceptors (Lipinski definition) is 4. The van der Waals surface area contributed by atoms with E-state index in [1.165, 1.54) is 5.56 Å². The zero-order valence-corrected chi connectivity index (χ0v) is 15.7. The first-order chi connectivity index (χ1) is 12.6. The maximum absolute atomic E-state index is 12.7. The monoisotopic (exact) mass is 372 g/mol. The van der Waals surface area contributed by atoms with Gasteiger partial charge in [-0.15, -0.1) is 11.3 Å². The van der Waals surface area contributed by atoms with Crippen molar-refractivity contribution in [3.8, 4) is 0 Å². The SMILES string of the molecule is CC(CCc1ccccc1)NC(=O)C1COCC(=O)N1Cc1cccs1. The van der Waals surface area contributed by atoms with Gasteiger partial charge in [-0.05, 0) is 36.8 Å². The number of ether oxygens (including phenoxy) is 1. The Balaban J connectivity index is 1.56. The summed E-state index contributed by atoms with van der Waals surface area (Å²) in [5.41, 5.74) is 1.25. The summed E-state index contributed by atoms with van der Waals surface area (Å²) in [6, 6.07) is 13.6. The number of amides is 2. The third-order valence-electron chi connectivity index (χ3n) is 4.50. The average Bonchev–Trinajstić information content (AvgIpc) is 3.15. The maximum atomic E-state index is 12.7. The van der Waals surface area contributed by atoms with E-state index < -0.39 is 6.04 Å². The Hall–Kier alpha value is -2.18. The highest BCUT2D eigenvalue weighted by atomic mass is 32.1. The van der Waals surface area contributed by atoms with Gasteiger partial charge in [-0.2, -0.15) is 0 Å².